The van der Waals surface area contributed by atoms with Gasteiger partial charge < -0.3 is 4.74 Å². The van der Waals surface area contributed by atoms with Crippen LogP contribution in [0.3, 0.4) is 0 Å². The molecule has 1 amide bonds. The molecular formula is C17H18N4O2S. The molecule has 6 heterocycles. The molecule has 4 aliphatic heterocycles. The lowest BCUT2D eigenvalue weighted by Crippen LogP contribution is -2.61. The minimum Gasteiger partial charge on any atom is -0.439 e. The van der Waals surface area contributed by atoms with E-state index in [-0.39, 0.29) is 11.7 Å². The van der Waals surface area contributed by atoms with Crippen molar-refractivity contribution in [1.82, 2.24) is 14.9 Å². The second-order valence-electron chi connectivity index (χ2n) is 6.83. The maximum Gasteiger partial charge on any atom is 0.416 e. The Kier molecular flexibility index (Phi) is 3.14. The van der Waals surface area contributed by atoms with Crippen LogP contribution in [0.2, 0.25) is 0 Å². The van der Waals surface area contributed by atoms with Crippen molar-refractivity contribution in [2.45, 2.75) is 18.4 Å². The minimum atomic E-state index is -0.340. The van der Waals surface area contributed by atoms with E-state index in [1.165, 1.54) is 11.3 Å². The molecule has 24 heavy (non-hydrogen) atoms. The Bertz CT molecular complexity index is 772. The van der Waals surface area contributed by atoms with Gasteiger partial charge in [0.1, 0.15) is 5.60 Å². The van der Waals surface area contributed by atoms with Gasteiger partial charge in [-0.15, -0.1) is 11.3 Å². The van der Waals surface area contributed by atoms with E-state index in [2.05, 4.69) is 14.9 Å². The van der Waals surface area contributed by atoms with Crippen LogP contribution in [0.1, 0.15) is 12.8 Å². The molecule has 0 radical (unpaired) electrons. The van der Waals surface area contributed by atoms with Crippen LogP contribution >= 0.6 is 11.3 Å². The lowest BCUT2D eigenvalue weighted by Gasteiger charge is -2.49. The van der Waals surface area contributed by atoms with Crippen molar-refractivity contribution < 1.29 is 9.53 Å². The lowest BCUT2D eigenvalue weighted by atomic mass is 9.75. The maximum absolute atomic E-state index is 12.5. The molecule has 2 bridgehead atoms. The molecule has 0 N–H and O–H groups in total. The number of hydrogen-bond acceptors (Lipinski definition) is 6. The normalized spacial score (nSPS) is 31.7. The van der Waals surface area contributed by atoms with Gasteiger partial charge in [0.25, 0.3) is 0 Å². The number of carbonyl (C=O) groups excluding carboxylic acids is 1. The summed E-state index contributed by atoms with van der Waals surface area (Å²) in [7, 11) is 0. The van der Waals surface area contributed by atoms with Gasteiger partial charge in [0, 0.05) is 35.8 Å². The number of rotatable bonds is 2. The summed E-state index contributed by atoms with van der Waals surface area (Å²) in [5, 5.41) is 2.69. The second kappa shape index (κ2) is 5.26. The zero-order valence-electron chi connectivity index (χ0n) is 13.2. The van der Waals surface area contributed by atoms with Gasteiger partial charge in [-0.25, -0.2) is 14.7 Å². The van der Waals surface area contributed by atoms with Crippen LogP contribution in [0.5, 0.6) is 0 Å². The van der Waals surface area contributed by atoms with Crippen LogP contribution in [0, 0.1) is 5.92 Å². The third-order valence-corrected chi connectivity index (χ3v) is 6.30. The number of piperidine rings is 3. The predicted octanol–water partition coefficient (Wildman–Crippen LogP) is 2.63. The number of nitrogens with zero attached hydrogens (tertiary/aromatic N) is 4. The molecule has 6 nitrogen and oxygen atoms in total. The van der Waals surface area contributed by atoms with Crippen LogP contribution < -0.4 is 4.90 Å². The lowest BCUT2D eigenvalue weighted by molar-refractivity contribution is -0.0881. The van der Waals surface area contributed by atoms with E-state index in [1.807, 2.05) is 17.5 Å². The van der Waals surface area contributed by atoms with E-state index in [1.54, 1.807) is 17.3 Å². The highest BCUT2D eigenvalue weighted by Gasteiger charge is 2.56. The molecular weight excluding hydrogens is 324 g/mol. The van der Waals surface area contributed by atoms with Gasteiger partial charge in [0.2, 0.25) is 0 Å². The molecule has 7 heteroatoms. The standard InChI is InChI=1S/C17H18N4O2S/c22-16-21(11-17(23-16)10-20-6-3-13(17)4-7-20)15-19-14(9-24-15)12-2-1-5-18-8-12/h1-2,5,8-9,13H,3-4,6-7,10-11H2/t17-/m0/s1. The first-order valence-corrected chi connectivity index (χ1v) is 9.20. The molecule has 4 saturated heterocycles. The fourth-order valence-electron chi connectivity index (χ4n) is 4.19. The predicted molar refractivity (Wildman–Crippen MR) is 91.1 cm³/mol. The van der Waals surface area contributed by atoms with Crippen LogP contribution in [-0.4, -0.2) is 52.7 Å². The smallest absolute Gasteiger partial charge is 0.416 e. The zero-order valence-corrected chi connectivity index (χ0v) is 14.0. The molecule has 1 spiro atoms. The van der Waals surface area contributed by atoms with Crippen molar-refractivity contribution in [3.8, 4) is 11.3 Å². The number of aromatic nitrogens is 2. The van der Waals surface area contributed by atoms with Gasteiger partial charge in [0.05, 0.1) is 12.2 Å². The van der Waals surface area contributed by atoms with Crippen LogP contribution in [0.25, 0.3) is 11.3 Å². The molecule has 6 rings (SSSR count). The molecule has 1 atom stereocenters. The van der Waals surface area contributed by atoms with Gasteiger partial charge >= 0.3 is 6.09 Å². The number of hydrogen-bond donors (Lipinski definition) is 0. The van der Waals surface area contributed by atoms with Gasteiger partial charge in [-0.2, -0.15) is 0 Å². The van der Waals surface area contributed by atoms with Crippen molar-refractivity contribution in [1.29, 1.82) is 0 Å². The average Bonchev–Trinajstić information content (AvgIpc) is 3.22. The highest BCUT2D eigenvalue weighted by Crippen LogP contribution is 2.43. The fourth-order valence-corrected chi connectivity index (χ4v) is 5.02. The quantitative estimate of drug-likeness (QED) is 0.840. The third-order valence-electron chi connectivity index (χ3n) is 5.44. The molecule has 4 fully saturated rings. The first-order chi connectivity index (χ1) is 11.7. The zero-order chi connectivity index (χ0) is 16.1. The van der Waals surface area contributed by atoms with E-state index >= 15 is 0 Å². The van der Waals surface area contributed by atoms with Crippen molar-refractivity contribution in [3.05, 3.63) is 29.9 Å². The summed E-state index contributed by atoms with van der Waals surface area (Å²) in [6.07, 6.45) is 5.53. The van der Waals surface area contributed by atoms with Crippen molar-refractivity contribution in [2.24, 2.45) is 5.92 Å². The first-order valence-electron chi connectivity index (χ1n) is 8.32. The summed E-state index contributed by atoms with van der Waals surface area (Å²) < 4.78 is 5.91. The van der Waals surface area contributed by atoms with E-state index in [9.17, 15) is 4.79 Å². The van der Waals surface area contributed by atoms with Crippen molar-refractivity contribution in [2.75, 3.05) is 31.1 Å². The van der Waals surface area contributed by atoms with E-state index in [0.717, 1.165) is 43.7 Å². The van der Waals surface area contributed by atoms with Gasteiger partial charge in [0.15, 0.2) is 5.13 Å². The Labute approximate surface area is 144 Å². The van der Waals surface area contributed by atoms with Crippen LogP contribution in [0.4, 0.5) is 9.93 Å². The highest BCUT2D eigenvalue weighted by atomic mass is 32.1. The molecule has 0 saturated carbocycles. The van der Waals surface area contributed by atoms with Gasteiger partial charge in [-0.05, 0) is 38.1 Å². The van der Waals surface area contributed by atoms with Crippen LogP contribution in [0.15, 0.2) is 29.9 Å². The Morgan fingerprint density at radius 1 is 1.29 bits per heavy atom. The summed E-state index contributed by atoms with van der Waals surface area (Å²) >= 11 is 1.49. The van der Waals surface area contributed by atoms with E-state index < -0.39 is 0 Å². The van der Waals surface area contributed by atoms with Crippen molar-refractivity contribution in [3.63, 3.8) is 0 Å². The minimum absolute atomic E-state index is 0.254. The average molecular weight is 342 g/mol. The van der Waals surface area contributed by atoms with Gasteiger partial charge in [-0.1, -0.05) is 0 Å². The number of amides is 1. The molecule has 124 valence electrons. The fraction of sp³-hybridized carbons (Fsp3) is 0.471. The third kappa shape index (κ3) is 2.15. The Hall–Kier alpha value is -1.99. The molecule has 2 aromatic rings. The number of carbonyl (C=O) groups is 1. The van der Waals surface area contributed by atoms with E-state index in [0.29, 0.717) is 17.6 Å². The summed E-state index contributed by atoms with van der Waals surface area (Å²) in [6.45, 7) is 3.74. The van der Waals surface area contributed by atoms with E-state index in [4.69, 9.17) is 4.74 Å². The highest BCUT2D eigenvalue weighted by molar-refractivity contribution is 7.14. The Balaban J connectivity index is 1.42. The number of ether oxygens (including phenoxy) is 1. The Morgan fingerprint density at radius 3 is 2.88 bits per heavy atom. The molecule has 0 aliphatic carbocycles. The summed E-state index contributed by atoms with van der Waals surface area (Å²) in [5.41, 5.74) is 1.48. The monoisotopic (exact) mass is 342 g/mol. The molecule has 4 aliphatic rings. The molecule has 0 unspecified atom stereocenters. The number of anilines is 1. The summed E-state index contributed by atoms with van der Waals surface area (Å²) in [5.74, 6) is 0.481. The largest absolute Gasteiger partial charge is 0.439 e. The molecule has 2 aromatic heterocycles. The number of pyridine rings is 1. The maximum atomic E-state index is 12.5. The SMILES string of the molecule is O=C1O[C@@]2(CN3CCC2CC3)CN1c1nc(-c2cccnc2)cs1. The number of fused-ring (bicyclic) bond motifs is 2. The molecule has 0 aromatic carbocycles. The van der Waals surface area contributed by atoms with Gasteiger partial charge in [-0.3, -0.25) is 9.88 Å². The number of thiazole rings is 1. The summed E-state index contributed by atoms with van der Waals surface area (Å²) in [6, 6.07) is 3.86. The first kappa shape index (κ1) is 14.4. The summed E-state index contributed by atoms with van der Waals surface area (Å²) in [4.78, 5) is 25.4. The second-order valence-corrected chi connectivity index (χ2v) is 7.66. The van der Waals surface area contributed by atoms with Crippen molar-refractivity contribution >= 4 is 22.6 Å². The Morgan fingerprint density at radius 2 is 2.17 bits per heavy atom. The topological polar surface area (TPSA) is 58.6 Å². The van der Waals surface area contributed by atoms with Crippen LogP contribution in [-0.2, 0) is 4.74 Å².